The van der Waals surface area contributed by atoms with Crippen LogP contribution in [-0.4, -0.2) is 0 Å². The SMILES string of the molecule is [2H]C([2H])([2H])c1cc(C(C)(C)C)cc(C([2H])([2H])[2H])c1[I+]c1c(C([2H])([2H])[2H])cc(C(C)(C)C)cc1C([2H])([2H])[2H]. The van der Waals surface area contributed by atoms with E-state index in [-0.39, 0.29) is 29.4 Å². The fourth-order valence-electron chi connectivity index (χ4n) is 2.41. The van der Waals surface area contributed by atoms with Crippen molar-refractivity contribution in [2.45, 2.75) is 79.8 Å². The second-order valence-electron chi connectivity index (χ2n) is 8.37. The molecule has 0 bridgehead atoms. The molecule has 0 fully saturated rings. The zero-order valence-corrected chi connectivity index (χ0v) is 17.8. The molecule has 0 atom stereocenters. The molecule has 2 aromatic carbocycles. The van der Waals surface area contributed by atoms with Crippen molar-refractivity contribution in [3.05, 3.63) is 64.8 Å². The van der Waals surface area contributed by atoms with Gasteiger partial charge in [-0.05, 0) is 49.4 Å². The Morgan fingerprint density at radius 3 is 1.08 bits per heavy atom. The standard InChI is InChI=1S/C24H34I/c1-15-11-19(23(5,6)7)12-16(2)21(15)25-22-17(3)13-20(14-18(22)4)24(8,9)10/h11-14H,1-10H3/q+1/i1D3,2D3,3D3,4D3. The third kappa shape index (κ3) is 4.67. The summed E-state index contributed by atoms with van der Waals surface area (Å²) in [4.78, 5) is 0. The molecule has 0 heterocycles. The van der Waals surface area contributed by atoms with Gasteiger partial charge in [-0.15, -0.1) is 0 Å². The number of benzene rings is 2. The van der Waals surface area contributed by atoms with Crippen molar-refractivity contribution in [1.29, 1.82) is 0 Å². The molecule has 0 saturated heterocycles. The van der Waals surface area contributed by atoms with Gasteiger partial charge in [0.15, 0.2) is 7.14 Å². The summed E-state index contributed by atoms with van der Waals surface area (Å²) < 4.78 is 98.4. The number of halogens is 1. The summed E-state index contributed by atoms with van der Waals surface area (Å²) >= 11 is -1.86. The quantitative estimate of drug-likeness (QED) is 0.600. The van der Waals surface area contributed by atoms with Crippen LogP contribution >= 0.6 is 0 Å². The van der Waals surface area contributed by atoms with Gasteiger partial charge in [-0.2, -0.15) is 0 Å². The second-order valence-corrected chi connectivity index (χ2v) is 11.1. The lowest BCUT2D eigenvalue weighted by atomic mass is 9.85. The summed E-state index contributed by atoms with van der Waals surface area (Å²) in [5.74, 6) is 0. The number of rotatable bonds is 2. The van der Waals surface area contributed by atoms with Crippen molar-refractivity contribution < 1.29 is 37.7 Å². The first-order valence-corrected chi connectivity index (χ1v) is 10.3. The number of hydrogen-bond donors (Lipinski definition) is 0. The van der Waals surface area contributed by atoms with Crippen LogP contribution in [0.2, 0.25) is 0 Å². The minimum Gasteiger partial charge on any atom is -0.0561 e. The monoisotopic (exact) mass is 461 g/mol. The molecule has 0 aliphatic rings. The lowest BCUT2D eigenvalue weighted by Gasteiger charge is -2.21. The highest BCUT2D eigenvalue weighted by atomic mass is 127. The third-order valence-corrected chi connectivity index (χ3v) is 7.47. The predicted molar refractivity (Wildman–Crippen MR) is 107 cm³/mol. The fourth-order valence-corrected chi connectivity index (χ4v) is 4.74. The average Bonchev–Trinajstić information content (AvgIpc) is 2.62. The lowest BCUT2D eigenvalue weighted by molar-refractivity contribution is -0.600. The van der Waals surface area contributed by atoms with Crippen molar-refractivity contribution in [3.8, 4) is 0 Å². The van der Waals surface area contributed by atoms with Gasteiger partial charge >= 0.3 is 21.2 Å². The molecule has 0 radical (unpaired) electrons. The molecule has 0 aliphatic carbocycles. The van der Waals surface area contributed by atoms with Crippen LogP contribution in [0.4, 0.5) is 0 Å². The Kier molecular flexibility index (Phi) is 2.65. The molecule has 2 aromatic rings. The Morgan fingerprint density at radius 2 is 0.880 bits per heavy atom. The maximum Gasteiger partial charge on any atom is 0.359 e. The Hall–Kier alpha value is -0.830. The van der Waals surface area contributed by atoms with Crippen LogP contribution in [0.3, 0.4) is 0 Å². The smallest absolute Gasteiger partial charge is 0.0561 e. The first kappa shape index (κ1) is 9.39. The molecular formula is C24H34I+. The van der Waals surface area contributed by atoms with Gasteiger partial charge in [-0.25, -0.2) is 0 Å². The van der Waals surface area contributed by atoms with E-state index in [0.717, 1.165) is 0 Å². The van der Waals surface area contributed by atoms with E-state index < -0.39 is 59.4 Å². The summed E-state index contributed by atoms with van der Waals surface area (Å²) in [7, 11) is 0. The van der Waals surface area contributed by atoms with E-state index >= 15 is 0 Å². The number of aryl methyl sites for hydroxylation is 4. The molecule has 0 unspecified atom stereocenters. The molecule has 0 spiro atoms. The van der Waals surface area contributed by atoms with Gasteiger partial charge < -0.3 is 0 Å². The van der Waals surface area contributed by atoms with Crippen molar-refractivity contribution in [1.82, 2.24) is 0 Å². The van der Waals surface area contributed by atoms with E-state index in [4.69, 9.17) is 16.4 Å². The molecule has 0 nitrogen and oxygen atoms in total. The molecule has 2 rings (SSSR count). The zero-order valence-electron chi connectivity index (χ0n) is 27.7. The normalized spacial score (nSPS) is 21.7. The summed E-state index contributed by atoms with van der Waals surface area (Å²) in [6.07, 6.45) is 0. The summed E-state index contributed by atoms with van der Waals surface area (Å²) in [6, 6.07) is 5.85. The number of hydrogen-bond acceptors (Lipinski definition) is 0. The van der Waals surface area contributed by atoms with Gasteiger partial charge in [0.05, 0.1) is 0 Å². The minimum absolute atomic E-state index is 0.0197. The van der Waals surface area contributed by atoms with E-state index in [9.17, 15) is 0 Å². The van der Waals surface area contributed by atoms with Gasteiger partial charge in [0.25, 0.3) is 0 Å². The van der Waals surface area contributed by atoms with E-state index in [0.29, 0.717) is 11.1 Å². The van der Waals surface area contributed by atoms with Crippen LogP contribution in [0.1, 0.15) is 91.4 Å². The van der Waals surface area contributed by atoms with Crippen LogP contribution in [0.5, 0.6) is 0 Å². The Balaban J connectivity index is 3.12. The highest BCUT2D eigenvalue weighted by Gasteiger charge is 2.28. The lowest BCUT2D eigenvalue weighted by Crippen LogP contribution is -3.62. The third-order valence-electron chi connectivity index (χ3n) is 4.07. The van der Waals surface area contributed by atoms with E-state index in [1.54, 1.807) is 0 Å². The van der Waals surface area contributed by atoms with Crippen LogP contribution < -0.4 is 21.2 Å². The average molecular weight is 462 g/mol. The first-order chi connectivity index (χ1) is 16.1. The van der Waals surface area contributed by atoms with E-state index in [2.05, 4.69) is 0 Å². The van der Waals surface area contributed by atoms with E-state index in [1.165, 1.54) is 24.3 Å². The summed E-state index contributed by atoms with van der Waals surface area (Å²) in [5, 5.41) is 0. The molecule has 0 N–H and O–H groups in total. The van der Waals surface area contributed by atoms with Crippen molar-refractivity contribution in [2.24, 2.45) is 0 Å². The predicted octanol–water partition coefficient (Wildman–Crippen LogP) is 3.64. The van der Waals surface area contributed by atoms with Crippen LogP contribution in [0.25, 0.3) is 0 Å². The highest BCUT2D eigenvalue weighted by molar-refractivity contribution is 5.34. The maximum atomic E-state index is 8.20. The molecule has 0 amide bonds. The molecule has 0 saturated carbocycles. The Labute approximate surface area is 182 Å². The molecule has 25 heavy (non-hydrogen) atoms. The van der Waals surface area contributed by atoms with Gasteiger partial charge in [-0.1, -0.05) is 65.8 Å². The van der Waals surface area contributed by atoms with Crippen molar-refractivity contribution in [3.63, 3.8) is 0 Å². The van der Waals surface area contributed by atoms with Crippen LogP contribution in [0.15, 0.2) is 24.3 Å². The Morgan fingerprint density at radius 1 is 0.600 bits per heavy atom. The zero-order chi connectivity index (χ0) is 29.2. The van der Waals surface area contributed by atoms with Gasteiger partial charge in [0.1, 0.15) is 0 Å². The second kappa shape index (κ2) is 7.06. The topological polar surface area (TPSA) is 0 Å². The molecule has 0 aliphatic heterocycles. The molecule has 136 valence electrons. The Bertz CT molecular complexity index is 990. The largest absolute Gasteiger partial charge is 0.359 e. The van der Waals surface area contributed by atoms with Crippen LogP contribution in [0, 0.1) is 34.5 Å². The highest BCUT2D eigenvalue weighted by Crippen LogP contribution is 2.25. The van der Waals surface area contributed by atoms with Gasteiger partial charge in [-0.3, -0.25) is 0 Å². The van der Waals surface area contributed by atoms with Crippen molar-refractivity contribution in [2.75, 3.05) is 0 Å². The maximum absolute atomic E-state index is 8.20. The minimum atomic E-state index is -2.69. The van der Waals surface area contributed by atoms with Gasteiger partial charge in [0.2, 0.25) is 0 Å². The molecular weight excluding hydrogens is 415 g/mol. The molecule has 1 heteroatoms. The van der Waals surface area contributed by atoms with E-state index in [1.807, 2.05) is 41.5 Å². The fraction of sp³-hybridized carbons (Fsp3) is 0.500. The van der Waals surface area contributed by atoms with Gasteiger partial charge in [0, 0.05) is 38.7 Å². The first-order valence-electron chi connectivity index (χ1n) is 14.2. The van der Waals surface area contributed by atoms with Crippen LogP contribution in [-0.2, 0) is 10.8 Å². The van der Waals surface area contributed by atoms with Crippen molar-refractivity contribution >= 4 is 0 Å². The molecule has 0 aromatic heterocycles. The summed E-state index contributed by atoms with van der Waals surface area (Å²) in [5.41, 5.74) is -0.769. The summed E-state index contributed by atoms with van der Waals surface area (Å²) in [6.45, 7) is 0.280.